The molecule has 0 aliphatic carbocycles. The number of nitrogens with one attached hydrogen (secondary N) is 3. The number of benzene rings is 3. The maximum atomic E-state index is 13.1. The first-order chi connectivity index (χ1) is 17.0. The van der Waals surface area contributed by atoms with Gasteiger partial charge in [0, 0.05) is 26.9 Å². The zero-order chi connectivity index (χ0) is 24.5. The zero-order valence-corrected chi connectivity index (χ0v) is 19.1. The summed E-state index contributed by atoms with van der Waals surface area (Å²) in [4.78, 5) is 41.3. The Morgan fingerprint density at radius 2 is 1.71 bits per heavy atom. The van der Waals surface area contributed by atoms with Gasteiger partial charge in [0.1, 0.15) is 11.3 Å². The van der Waals surface area contributed by atoms with Gasteiger partial charge in [-0.05, 0) is 35.9 Å². The molecule has 0 aliphatic heterocycles. The normalized spacial score (nSPS) is 10.9. The number of fused-ring (bicyclic) bond motifs is 2. The number of hydrogen-bond donors (Lipinski definition) is 3. The second kappa shape index (κ2) is 9.00. The first kappa shape index (κ1) is 22.2. The molecule has 3 aromatic carbocycles. The highest BCUT2D eigenvalue weighted by atomic mass is 35.5. The Bertz CT molecular complexity index is 1660. The molecule has 0 radical (unpaired) electrons. The molecule has 3 N–H and O–H groups in total. The van der Waals surface area contributed by atoms with E-state index in [1.165, 1.54) is 13.2 Å². The van der Waals surface area contributed by atoms with Gasteiger partial charge in [-0.1, -0.05) is 54.1 Å². The van der Waals surface area contributed by atoms with E-state index >= 15 is 0 Å². The summed E-state index contributed by atoms with van der Waals surface area (Å²) in [5.74, 6) is -1.05. The van der Waals surface area contributed by atoms with Crippen LogP contribution < -0.4 is 21.2 Å². The number of aromatic nitrogens is 1. The lowest BCUT2D eigenvalue weighted by atomic mass is 10.0. The average molecular weight is 488 g/mol. The number of hydrogen-bond acceptors (Lipinski definition) is 5. The van der Waals surface area contributed by atoms with Crippen molar-refractivity contribution in [3.05, 3.63) is 99.5 Å². The maximum absolute atomic E-state index is 13.1. The molecule has 2 aromatic heterocycles. The molecule has 8 nitrogen and oxygen atoms in total. The van der Waals surface area contributed by atoms with Gasteiger partial charge in [-0.15, -0.1) is 0 Å². The second-order valence-electron chi connectivity index (χ2n) is 7.67. The molecule has 0 saturated heterocycles. The van der Waals surface area contributed by atoms with Crippen LogP contribution in [-0.4, -0.2) is 23.9 Å². The first-order valence-corrected chi connectivity index (χ1v) is 10.9. The van der Waals surface area contributed by atoms with Crippen molar-refractivity contribution in [1.82, 2.24) is 15.8 Å². The number of methoxy groups -OCH3 is 1. The van der Waals surface area contributed by atoms with E-state index in [9.17, 15) is 14.4 Å². The predicted octanol–water partition coefficient (Wildman–Crippen LogP) is 4.68. The van der Waals surface area contributed by atoms with Crippen LogP contribution in [0.3, 0.4) is 0 Å². The summed E-state index contributed by atoms with van der Waals surface area (Å²) in [6.45, 7) is 0. The van der Waals surface area contributed by atoms with Gasteiger partial charge in [0.2, 0.25) is 0 Å². The van der Waals surface area contributed by atoms with Crippen molar-refractivity contribution in [2.75, 3.05) is 7.11 Å². The highest BCUT2D eigenvalue weighted by Gasteiger charge is 2.21. The molecule has 5 aromatic rings. The van der Waals surface area contributed by atoms with Gasteiger partial charge >= 0.3 is 5.63 Å². The van der Waals surface area contributed by atoms with Crippen molar-refractivity contribution in [2.24, 2.45) is 0 Å². The number of hydrazine groups is 1. The molecule has 174 valence electrons. The molecule has 0 atom stereocenters. The summed E-state index contributed by atoms with van der Waals surface area (Å²) >= 11 is 6.20. The van der Waals surface area contributed by atoms with Crippen molar-refractivity contribution in [1.29, 1.82) is 0 Å². The largest absolute Gasteiger partial charge is 0.493 e. The third kappa shape index (κ3) is 4.11. The fourth-order valence-corrected chi connectivity index (χ4v) is 4.09. The number of amides is 2. The number of carbonyl (C=O) groups excluding carboxylic acids is 2. The average Bonchev–Trinajstić information content (AvgIpc) is 3.25. The van der Waals surface area contributed by atoms with Gasteiger partial charge in [-0.3, -0.25) is 20.4 Å². The Balaban J connectivity index is 1.45. The van der Waals surface area contributed by atoms with Crippen LogP contribution in [0.5, 0.6) is 5.75 Å². The third-order valence-corrected chi connectivity index (χ3v) is 5.76. The van der Waals surface area contributed by atoms with Crippen LogP contribution >= 0.6 is 11.6 Å². The van der Waals surface area contributed by atoms with E-state index < -0.39 is 17.4 Å². The van der Waals surface area contributed by atoms with E-state index in [2.05, 4.69) is 15.8 Å². The summed E-state index contributed by atoms with van der Waals surface area (Å²) in [6.07, 6.45) is 0. The van der Waals surface area contributed by atoms with Gasteiger partial charge < -0.3 is 14.1 Å². The number of halogens is 1. The van der Waals surface area contributed by atoms with Crippen molar-refractivity contribution in [2.45, 2.75) is 0 Å². The van der Waals surface area contributed by atoms with E-state index in [1.807, 2.05) is 30.3 Å². The summed E-state index contributed by atoms with van der Waals surface area (Å²) in [7, 11) is 1.45. The molecular weight excluding hydrogens is 470 g/mol. The van der Waals surface area contributed by atoms with E-state index in [4.69, 9.17) is 20.8 Å². The Kier molecular flexibility index (Phi) is 5.72. The van der Waals surface area contributed by atoms with Gasteiger partial charge in [0.05, 0.1) is 7.11 Å². The molecule has 0 saturated carbocycles. The lowest BCUT2D eigenvalue weighted by molar-refractivity contribution is 0.0842. The molecular formula is C26H18ClN3O5. The Morgan fingerprint density at radius 3 is 2.49 bits per heavy atom. The Morgan fingerprint density at radius 1 is 0.943 bits per heavy atom. The van der Waals surface area contributed by atoms with Crippen LogP contribution in [0.2, 0.25) is 5.02 Å². The smallest absolute Gasteiger partial charge is 0.349 e. The fourth-order valence-electron chi connectivity index (χ4n) is 3.92. The highest BCUT2D eigenvalue weighted by Crippen LogP contribution is 2.34. The molecule has 0 fully saturated rings. The first-order valence-electron chi connectivity index (χ1n) is 10.5. The molecule has 0 spiro atoms. The van der Waals surface area contributed by atoms with Gasteiger partial charge in [-0.2, -0.15) is 0 Å². The van der Waals surface area contributed by atoms with Crippen molar-refractivity contribution >= 4 is 45.3 Å². The van der Waals surface area contributed by atoms with Gasteiger partial charge in [-0.25, -0.2) is 4.79 Å². The van der Waals surface area contributed by atoms with E-state index in [1.54, 1.807) is 36.4 Å². The molecule has 2 heterocycles. The van der Waals surface area contributed by atoms with Gasteiger partial charge in [0.15, 0.2) is 11.3 Å². The minimum Gasteiger partial charge on any atom is -0.493 e. The predicted molar refractivity (Wildman–Crippen MR) is 133 cm³/mol. The third-order valence-electron chi connectivity index (χ3n) is 5.53. The van der Waals surface area contributed by atoms with Crippen molar-refractivity contribution in [3.8, 4) is 16.9 Å². The molecule has 0 bridgehead atoms. The second-order valence-corrected chi connectivity index (χ2v) is 8.10. The van der Waals surface area contributed by atoms with Crippen LogP contribution in [0, 0.1) is 0 Å². The molecule has 9 heteroatoms. The fraction of sp³-hybridized carbons (Fsp3) is 0.0385. The summed E-state index contributed by atoms with van der Waals surface area (Å²) in [5, 5.41) is 1.78. The van der Waals surface area contributed by atoms with Crippen LogP contribution in [0.15, 0.2) is 82.0 Å². The molecule has 5 rings (SSSR count). The number of carbonyl (C=O) groups is 2. The van der Waals surface area contributed by atoms with Crippen molar-refractivity contribution in [3.63, 3.8) is 0 Å². The van der Waals surface area contributed by atoms with Crippen molar-refractivity contribution < 1.29 is 18.7 Å². The monoisotopic (exact) mass is 487 g/mol. The topological polar surface area (TPSA) is 113 Å². The molecule has 0 aliphatic rings. The standard InChI is InChI=1S/C26H18ClN3O5/c1-34-20-9-5-8-15-12-18(26(33)35-23(15)20)24(31)29-30-25(32)22-21(14-6-3-2-4-7-14)17-13-16(27)10-11-19(17)28-22/h2-13,28H,1H3,(H,29,31)(H,30,32). The minimum absolute atomic E-state index is 0.226. The molecule has 35 heavy (non-hydrogen) atoms. The molecule has 2 amide bonds. The lowest BCUT2D eigenvalue weighted by Crippen LogP contribution is -2.43. The van der Waals surface area contributed by atoms with Crippen LogP contribution in [0.1, 0.15) is 20.8 Å². The lowest BCUT2D eigenvalue weighted by Gasteiger charge is -2.09. The number of para-hydroxylation sites is 1. The Labute approximate surface area is 203 Å². The van der Waals surface area contributed by atoms with Gasteiger partial charge in [0.25, 0.3) is 11.8 Å². The van der Waals surface area contributed by atoms with Crippen LogP contribution in [0.25, 0.3) is 33.0 Å². The van der Waals surface area contributed by atoms with Crippen LogP contribution in [-0.2, 0) is 0 Å². The number of rotatable bonds is 4. The number of ether oxygens (including phenoxy) is 1. The summed E-state index contributed by atoms with van der Waals surface area (Å²) in [5.41, 5.74) is 6.11. The maximum Gasteiger partial charge on any atom is 0.349 e. The highest BCUT2D eigenvalue weighted by molar-refractivity contribution is 6.31. The number of aromatic amines is 1. The minimum atomic E-state index is -0.862. The van der Waals surface area contributed by atoms with E-state index in [0.29, 0.717) is 27.2 Å². The van der Waals surface area contributed by atoms with E-state index in [-0.39, 0.29) is 16.8 Å². The Hall–Kier alpha value is -4.56. The summed E-state index contributed by atoms with van der Waals surface area (Å²) < 4.78 is 10.5. The van der Waals surface area contributed by atoms with E-state index in [0.717, 1.165) is 10.9 Å². The van der Waals surface area contributed by atoms with Crippen LogP contribution in [0.4, 0.5) is 0 Å². The number of H-pyrrole nitrogens is 1. The zero-order valence-electron chi connectivity index (χ0n) is 18.3. The molecule has 0 unspecified atom stereocenters. The SMILES string of the molecule is COc1cccc2cc(C(=O)NNC(=O)c3[nH]c4ccc(Cl)cc4c3-c3ccccc3)c(=O)oc12. The quantitative estimate of drug-likeness (QED) is 0.251. The summed E-state index contributed by atoms with van der Waals surface area (Å²) in [6, 6.07) is 21.0.